The van der Waals surface area contributed by atoms with Crippen molar-refractivity contribution in [1.29, 1.82) is 0 Å². The summed E-state index contributed by atoms with van der Waals surface area (Å²) < 4.78 is 34.6. The van der Waals surface area contributed by atoms with Crippen LogP contribution in [0.15, 0.2) is 0 Å². The summed E-state index contributed by atoms with van der Waals surface area (Å²) in [5.41, 5.74) is 0. The van der Waals surface area contributed by atoms with Crippen molar-refractivity contribution in [2.45, 2.75) is 154 Å². The van der Waals surface area contributed by atoms with Crippen LogP contribution < -0.4 is 51.4 Å². The number of hydrogen-bond donors (Lipinski definition) is 1. The van der Waals surface area contributed by atoms with Gasteiger partial charge in [0, 0.05) is 0 Å². The van der Waals surface area contributed by atoms with Crippen LogP contribution >= 0.6 is 0 Å². The largest absolute Gasteiger partial charge is 1.00 e. The molecule has 0 saturated carbocycles. The van der Waals surface area contributed by atoms with Gasteiger partial charge in [-0.1, -0.05) is 123 Å². The summed E-state index contributed by atoms with van der Waals surface area (Å²) in [6.45, 7) is 4.38. The standard InChI is InChI=1S/C24H50O4S.K/c1-3-5-7-9-10-11-12-13-14-15-16-17-19-21-24(29(26,27)28)22-23(25)20-18-8-6-4-2;/h23-25H,3-22H2,1-2H3,(H,26,27,28);/q;+1/p-1. The zero-order valence-corrected chi connectivity index (χ0v) is 24.3. The summed E-state index contributed by atoms with van der Waals surface area (Å²) in [6.07, 6.45) is 20.8. The Balaban J connectivity index is 0. The Labute approximate surface area is 230 Å². The molecule has 0 aromatic rings. The van der Waals surface area contributed by atoms with E-state index >= 15 is 0 Å². The van der Waals surface area contributed by atoms with Gasteiger partial charge in [0.1, 0.15) is 0 Å². The first kappa shape index (κ1) is 33.7. The van der Waals surface area contributed by atoms with Gasteiger partial charge in [-0.05, 0) is 19.3 Å². The van der Waals surface area contributed by atoms with E-state index in [4.69, 9.17) is 0 Å². The minimum Gasteiger partial charge on any atom is -0.748 e. The van der Waals surface area contributed by atoms with Crippen LogP contribution in [0.25, 0.3) is 0 Å². The van der Waals surface area contributed by atoms with E-state index in [-0.39, 0.29) is 57.8 Å². The predicted octanol–water partition coefficient (Wildman–Crippen LogP) is 4.11. The van der Waals surface area contributed by atoms with Crippen molar-refractivity contribution >= 4 is 10.1 Å². The van der Waals surface area contributed by atoms with Crippen LogP contribution in [0.5, 0.6) is 0 Å². The fraction of sp³-hybridized carbons (Fsp3) is 1.00. The van der Waals surface area contributed by atoms with Gasteiger partial charge in [-0.25, -0.2) is 8.42 Å². The van der Waals surface area contributed by atoms with Crippen LogP contribution in [0.3, 0.4) is 0 Å². The summed E-state index contributed by atoms with van der Waals surface area (Å²) in [5.74, 6) is 0. The van der Waals surface area contributed by atoms with Crippen molar-refractivity contribution in [3.63, 3.8) is 0 Å². The number of aliphatic hydroxyl groups excluding tert-OH is 1. The quantitative estimate of drug-likeness (QED) is 0.146. The Morgan fingerprint density at radius 3 is 1.37 bits per heavy atom. The van der Waals surface area contributed by atoms with E-state index in [1.807, 2.05) is 0 Å². The molecule has 0 rings (SSSR count). The molecule has 0 amide bonds. The minimum atomic E-state index is -4.32. The van der Waals surface area contributed by atoms with E-state index in [9.17, 15) is 18.1 Å². The summed E-state index contributed by atoms with van der Waals surface area (Å²) >= 11 is 0. The summed E-state index contributed by atoms with van der Waals surface area (Å²) in [6, 6.07) is 0. The Hall–Kier alpha value is 1.51. The fourth-order valence-corrected chi connectivity index (χ4v) is 4.91. The van der Waals surface area contributed by atoms with Crippen LogP contribution in [0, 0.1) is 0 Å². The van der Waals surface area contributed by atoms with Crippen LogP contribution in [0.4, 0.5) is 0 Å². The van der Waals surface area contributed by atoms with E-state index in [0.717, 1.165) is 44.9 Å². The van der Waals surface area contributed by atoms with E-state index in [0.29, 0.717) is 12.8 Å². The zero-order chi connectivity index (χ0) is 21.8. The van der Waals surface area contributed by atoms with Crippen LogP contribution in [0.2, 0.25) is 0 Å². The molecule has 6 heteroatoms. The van der Waals surface area contributed by atoms with E-state index in [1.165, 1.54) is 64.2 Å². The molecule has 4 nitrogen and oxygen atoms in total. The second kappa shape index (κ2) is 23.7. The molecule has 0 spiro atoms. The van der Waals surface area contributed by atoms with Crippen LogP contribution in [-0.4, -0.2) is 29.4 Å². The molecule has 0 heterocycles. The topological polar surface area (TPSA) is 77.4 Å². The molecule has 2 unspecified atom stereocenters. The first-order chi connectivity index (χ1) is 13.9. The maximum atomic E-state index is 11.5. The molecule has 0 fully saturated rings. The summed E-state index contributed by atoms with van der Waals surface area (Å²) in [5, 5.41) is 9.16. The third-order valence-electron chi connectivity index (χ3n) is 5.96. The molecule has 1 N–H and O–H groups in total. The number of rotatable bonds is 22. The molecule has 2 atom stereocenters. The molecule has 0 saturated heterocycles. The summed E-state index contributed by atoms with van der Waals surface area (Å²) in [4.78, 5) is 0. The Bertz CT molecular complexity index is 442. The van der Waals surface area contributed by atoms with Crippen molar-refractivity contribution in [2.24, 2.45) is 0 Å². The smallest absolute Gasteiger partial charge is 0.748 e. The van der Waals surface area contributed by atoms with E-state index in [2.05, 4.69) is 13.8 Å². The molecule has 0 aliphatic heterocycles. The van der Waals surface area contributed by atoms with Gasteiger partial charge in [-0.3, -0.25) is 0 Å². The van der Waals surface area contributed by atoms with E-state index < -0.39 is 21.5 Å². The Kier molecular flexibility index (Phi) is 26.6. The molecular weight excluding hydrogens is 423 g/mol. The average molecular weight is 473 g/mol. The van der Waals surface area contributed by atoms with Crippen molar-refractivity contribution in [3.05, 3.63) is 0 Å². The van der Waals surface area contributed by atoms with Gasteiger partial charge in [-0.15, -0.1) is 0 Å². The monoisotopic (exact) mass is 472 g/mol. The van der Waals surface area contributed by atoms with Crippen LogP contribution in [-0.2, 0) is 10.1 Å². The number of aliphatic hydroxyl groups is 1. The molecule has 0 aromatic heterocycles. The number of hydrogen-bond acceptors (Lipinski definition) is 4. The van der Waals surface area contributed by atoms with Crippen molar-refractivity contribution < 1.29 is 69.5 Å². The SMILES string of the molecule is CCCCCCCCCCCCCCCC(CC(O)CCCCCC)S(=O)(=O)[O-].[K+]. The second-order valence-corrected chi connectivity index (χ2v) is 10.5. The van der Waals surface area contributed by atoms with Gasteiger partial charge in [0.05, 0.1) is 21.5 Å². The molecule has 0 aliphatic carbocycles. The minimum absolute atomic E-state index is 0. The maximum Gasteiger partial charge on any atom is 1.00 e. The van der Waals surface area contributed by atoms with Gasteiger partial charge in [-0.2, -0.15) is 0 Å². The Morgan fingerprint density at radius 1 is 0.633 bits per heavy atom. The first-order valence-corrected chi connectivity index (χ1v) is 14.0. The third-order valence-corrected chi connectivity index (χ3v) is 7.21. The Morgan fingerprint density at radius 2 is 0.967 bits per heavy atom. The molecule has 176 valence electrons. The third kappa shape index (κ3) is 22.7. The normalized spacial score (nSPS) is 13.7. The fourth-order valence-electron chi connectivity index (χ4n) is 4.00. The van der Waals surface area contributed by atoms with Gasteiger partial charge in [0.2, 0.25) is 0 Å². The zero-order valence-electron chi connectivity index (χ0n) is 20.4. The van der Waals surface area contributed by atoms with Gasteiger partial charge >= 0.3 is 51.4 Å². The predicted molar refractivity (Wildman–Crippen MR) is 123 cm³/mol. The molecule has 0 bridgehead atoms. The van der Waals surface area contributed by atoms with Crippen molar-refractivity contribution in [3.8, 4) is 0 Å². The van der Waals surface area contributed by atoms with Crippen molar-refractivity contribution in [1.82, 2.24) is 0 Å². The summed E-state index contributed by atoms with van der Waals surface area (Å²) in [7, 11) is -4.32. The molecular formula is C24H49KO4S. The van der Waals surface area contributed by atoms with Gasteiger partial charge in [0.15, 0.2) is 0 Å². The molecule has 0 aliphatic rings. The number of unbranched alkanes of at least 4 members (excludes halogenated alkanes) is 15. The molecule has 0 radical (unpaired) electrons. The first-order valence-electron chi connectivity index (χ1n) is 12.5. The molecule has 0 aromatic carbocycles. The van der Waals surface area contributed by atoms with Crippen LogP contribution in [0.1, 0.15) is 142 Å². The van der Waals surface area contributed by atoms with Crippen molar-refractivity contribution in [2.75, 3.05) is 0 Å². The van der Waals surface area contributed by atoms with E-state index in [1.54, 1.807) is 0 Å². The van der Waals surface area contributed by atoms with Gasteiger partial charge < -0.3 is 9.66 Å². The molecule has 30 heavy (non-hydrogen) atoms. The second-order valence-electron chi connectivity index (χ2n) is 8.88. The average Bonchev–Trinajstić information content (AvgIpc) is 2.67. The maximum absolute atomic E-state index is 11.5. The van der Waals surface area contributed by atoms with Gasteiger partial charge in [0.25, 0.3) is 0 Å².